The van der Waals surface area contributed by atoms with Crippen LogP contribution < -0.4 is 16.2 Å². The molecule has 1 aliphatic heterocycles. The van der Waals surface area contributed by atoms with Crippen molar-refractivity contribution >= 4 is 39.6 Å². The number of imide groups is 1. The van der Waals surface area contributed by atoms with E-state index in [1.807, 2.05) is 37.5 Å². The summed E-state index contributed by atoms with van der Waals surface area (Å²) in [7, 11) is 1.78. The van der Waals surface area contributed by atoms with Crippen molar-refractivity contribution in [3.63, 3.8) is 0 Å². The van der Waals surface area contributed by atoms with Crippen LogP contribution in [0.3, 0.4) is 0 Å². The summed E-state index contributed by atoms with van der Waals surface area (Å²) >= 11 is 0. The summed E-state index contributed by atoms with van der Waals surface area (Å²) in [6.45, 7) is 1.94. The Labute approximate surface area is 297 Å². The standard InChI is InChI=1S/C40H33N7O5/c1-22-15-27-29(18-41-20-34(27)47(2)40(22)51)25-6-3-7-32-30(25)19-44-37(45-32)24-9-11-33(43-17-24)39(50)42-14-4-5-23-8-12-35-28(16-23)31(21-52-35)26-10-13-36(48)46-38(26)49/h8-9,11-12,15-21,25-26H,3,6-7,10,13-14H2,1-2H3,(H,42,50)(H,46,48,49). The summed E-state index contributed by atoms with van der Waals surface area (Å²) in [5, 5.41) is 6.95. The van der Waals surface area contributed by atoms with E-state index < -0.39 is 5.92 Å². The molecule has 0 bridgehead atoms. The SMILES string of the molecule is Cc1cc2c(C3CCCc4nc(-c5ccc(C(=O)NCC#Cc6ccc7occ(C8CCC(=O)NC8=O)c7c6)nc5)ncc43)cncc2n(C)c1=O. The van der Waals surface area contributed by atoms with Gasteiger partial charge in [0.05, 0.1) is 30.4 Å². The number of pyridine rings is 3. The third kappa shape index (κ3) is 6.00. The Kier molecular flexibility index (Phi) is 8.39. The molecule has 8 rings (SSSR count). The molecule has 2 aliphatic rings. The van der Waals surface area contributed by atoms with Crippen LogP contribution in [-0.2, 0) is 23.1 Å². The summed E-state index contributed by atoms with van der Waals surface area (Å²) in [5.41, 5.74) is 7.54. The van der Waals surface area contributed by atoms with Crippen molar-refractivity contribution in [1.29, 1.82) is 0 Å². The van der Waals surface area contributed by atoms with E-state index in [0.717, 1.165) is 57.9 Å². The number of aryl methyl sites for hydroxylation is 3. The van der Waals surface area contributed by atoms with Crippen LogP contribution in [0.1, 0.15) is 81.5 Å². The molecule has 6 aromatic rings. The number of rotatable bonds is 5. The Morgan fingerprint density at radius 1 is 0.962 bits per heavy atom. The normalized spacial score (nSPS) is 17.0. The van der Waals surface area contributed by atoms with E-state index in [0.29, 0.717) is 34.5 Å². The van der Waals surface area contributed by atoms with Gasteiger partial charge in [-0.25, -0.2) is 9.97 Å². The highest BCUT2D eigenvalue weighted by molar-refractivity contribution is 6.02. The first-order chi connectivity index (χ1) is 25.2. The second-order valence-corrected chi connectivity index (χ2v) is 13.2. The Bertz CT molecular complexity index is 2560. The second kappa shape index (κ2) is 13.3. The third-order valence-electron chi connectivity index (χ3n) is 9.96. The predicted octanol–water partition coefficient (Wildman–Crippen LogP) is 4.61. The lowest BCUT2D eigenvalue weighted by molar-refractivity contribution is -0.134. The molecule has 2 atom stereocenters. The van der Waals surface area contributed by atoms with Gasteiger partial charge in [-0.1, -0.05) is 11.8 Å². The molecule has 1 aromatic carbocycles. The van der Waals surface area contributed by atoms with Crippen molar-refractivity contribution < 1.29 is 18.8 Å². The molecule has 12 heteroatoms. The number of carbonyl (C=O) groups is 3. The van der Waals surface area contributed by atoms with Gasteiger partial charge in [0.1, 0.15) is 11.3 Å². The van der Waals surface area contributed by atoms with Crippen LogP contribution in [0, 0.1) is 18.8 Å². The number of carbonyl (C=O) groups excluding carboxylic acids is 3. The fourth-order valence-electron chi connectivity index (χ4n) is 7.25. The van der Waals surface area contributed by atoms with Gasteiger partial charge in [-0.05, 0) is 80.1 Å². The summed E-state index contributed by atoms with van der Waals surface area (Å²) in [5.74, 6) is 5.19. The first-order valence-electron chi connectivity index (χ1n) is 17.1. The molecule has 0 saturated carbocycles. The minimum Gasteiger partial charge on any atom is -0.464 e. The Balaban J connectivity index is 0.941. The first-order valence-corrected chi connectivity index (χ1v) is 17.1. The molecular formula is C40H33N7O5. The average molecular weight is 692 g/mol. The number of nitrogens with zero attached hydrogens (tertiary/aromatic N) is 5. The zero-order chi connectivity index (χ0) is 35.9. The van der Waals surface area contributed by atoms with Crippen LogP contribution in [0.25, 0.3) is 33.3 Å². The molecule has 1 aliphatic carbocycles. The molecule has 6 heterocycles. The number of nitrogens with one attached hydrogen (secondary N) is 2. The van der Waals surface area contributed by atoms with Crippen LogP contribution in [0.2, 0.25) is 0 Å². The van der Waals surface area contributed by atoms with Crippen LogP contribution in [0.5, 0.6) is 0 Å². The third-order valence-corrected chi connectivity index (χ3v) is 9.96. The van der Waals surface area contributed by atoms with E-state index in [-0.39, 0.29) is 47.9 Å². The molecule has 1 saturated heterocycles. The molecule has 2 N–H and O–H groups in total. The van der Waals surface area contributed by atoms with Gasteiger partial charge < -0.3 is 14.3 Å². The zero-order valence-electron chi connectivity index (χ0n) is 28.5. The molecule has 0 radical (unpaired) electrons. The lowest BCUT2D eigenvalue weighted by atomic mass is 9.81. The van der Waals surface area contributed by atoms with E-state index in [1.54, 1.807) is 48.5 Å². The number of amides is 3. The van der Waals surface area contributed by atoms with E-state index in [4.69, 9.17) is 14.4 Å². The molecule has 0 spiro atoms. The van der Waals surface area contributed by atoms with Crippen LogP contribution in [0.15, 0.2) is 76.7 Å². The van der Waals surface area contributed by atoms with Gasteiger partial charge in [-0.3, -0.25) is 34.5 Å². The highest BCUT2D eigenvalue weighted by atomic mass is 16.3. The van der Waals surface area contributed by atoms with Gasteiger partial charge in [0.25, 0.3) is 11.5 Å². The van der Waals surface area contributed by atoms with Crippen LogP contribution in [-0.4, -0.2) is 48.8 Å². The molecule has 12 nitrogen and oxygen atoms in total. The van der Waals surface area contributed by atoms with Gasteiger partial charge in [0, 0.05) is 76.7 Å². The maximum atomic E-state index is 12.9. The van der Waals surface area contributed by atoms with Gasteiger partial charge >= 0.3 is 0 Å². The molecule has 5 aromatic heterocycles. The number of fused-ring (bicyclic) bond motifs is 3. The largest absolute Gasteiger partial charge is 0.464 e. The Morgan fingerprint density at radius 2 is 1.85 bits per heavy atom. The molecule has 1 fully saturated rings. The lowest BCUT2D eigenvalue weighted by Crippen LogP contribution is -2.39. The summed E-state index contributed by atoms with van der Waals surface area (Å²) in [4.78, 5) is 67.9. The highest BCUT2D eigenvalue weighted by Gasteiger charge is 2.30. The fourth-order valence-corrected chi connectivity index (χ4v) is 7.25. The summed E-state index contributed by atoms with van der Waals surface area (Å²) < 4.78 is 7.30. The summed E-state index contributed by atoms with van der Waals surface area (Å²) in [6, 6.07) is 10.8. The van der Waals surface area contributed by atoms with E-state index in [9.17, 15) is 19.2 Å². The predicted molar refractivity (Wildman–Crippen MR) is 192 cm³/mol. The van der Waals surface area contributed by atoms with Crippen molar-refractivity contribution in [3.8, 4) is 23.2 Å². The Morgan fingerprint density at radius 3 is 2.67 bits per heavy atom. The number of piperidine rings is 1. The average Bonchev–Trinajstić information content (AvgIpc) is 3.58. The van der Waals surface area contributed by atoms with Gasteiger partial charge in [0.2, 0.25) is 11.8 Å². The smallest absolute Gasteiger partial charge is 0.270 e. The highest BCUT2D eigenvalue weighted by Crippen LogP contribution is 2.39. The monoisotopic (exact) mass is 691 g/mol. The number of aromatic nitrogens is 5. The fraction of sp³-hybridized carbons (Fsp3) is 0.250. The zero-order valence-corrected chi connectivity index (χ0v) is 28.5. The molecule has 2 unspecified atom stereocenters. The maximum Gasteiger partial charge on any atom is 0.270 e. The van der Waals surface area contributed by atoms with E-state index in [2.05, 4.69) is 32.4 Å². The molecule has 52 heavy (non-hydrogen) atoms. The minimum absolute atomic E-state index is 0.0290. The van der Waals surface area contributed by atoms with Crippen LogP contribution in [0.4, 0.5) is 0 Å². The van der Waals surface area contributed by atoms with Crippen molar-refractivity contribution in [1.82, 2.24) is 35.1 Å². The minimum atomic E-state index is -0.464. The number of hydrogen-bond donors (Lipinski definition) is 2. The molecular weight excluding hydrogens is 658 g/mol. The summed E-state index contributed by atoms with van der Waals surface area (Å²) in [6.07, 6.45) is 12.1. The second-order valence-electron chi connectivity index (χ2n) is 13.2. The maximum absolute atomic E-state index is 12.9. The first kappa shape index (κ1) is 32.7. The molecule has 3 amide bonds. The van der Waals surface area contributed by atoms with Crippen molar-refractivity contribution in [2.45, 2.75) is 50.9 Å². The quantitative estimate of drug-likeness (QED) is 0.194. The van der Waals surface area contributed by atoms with Gasteiger partial charge in [0.15, 0.2) is 5.82 Å². The number of hydrogen-bond acceptors (Lipinski definition) is 9. The van der Waals surface area contributed by atoms with Crippen molar-refractivity contribution in [2.75, 3.05) is 6.54 Å². The molecule has 258 valence electrons. The van der Waals surface area contributed by atoms with Gasteiger partial charge in [-0.2, -0.15) is 0 Å². The van der Waals surface area contributed by atoms with Crippen LogP contribution >= 0.6 is 0 Å². The van der Waals surface area contributed by atoms with E-state index >= 15 is 0 Å². The number of benzene rings is 1. The lowest BCUT2D eigenvalue weighted by Gasteiger charge is -2.26. The van der Waals surface area contributed by atoms with Gasteiger partial charge in [-0.15, -0.1) is 0 Å². The Hall–Kier alpha value is -6.48. The van der Waals surface area contributed by atoms with Crippen molar-refractivity contribution in [2.24, 2.45) is 7.05 Å². The van der Waals surface area contributed by atoms with Crippen molar-refractivity contribution in [3.05, 3.63) is 117 Å². The van der Waals surface area contributed by atoms with E-state index in [1.165, 1.54) is 0 Å². The number of furan rings is 1. The topological polar surface area (TPSA) is 162 Å².